The second kappa shape index (κ2) is 7.49. The van der Waals surface area contributed by atoms with Crippen LogP contribution in [-0.2, 0) is 6.54 Å². The van der Waals surface area contributed by atoms with E-state index in [1.165, 1.54) is 43.8 Å². The van der Waals surface area contributed by atoms with Gasteiger partial charge in [0, 0.05) is 24.5 Å². The van der Waals surface area contributed by atoms with Crippen molar-refractivity contribution in [2.45, 2.75) is 32.7 Å². The van der Waals surface area contributed by atoms with Crippen molar-refractivity contribution in [1.29, 1.82) is 0 Å². The van der Waals surface area contributed by atoms with Crippen molar-refractivity contribution in [1.82, 2.24) is 10.2 Å². The van der Waals surface area contributed by atoms with Crippen molar-refractivity contribution < 1.29 is 0 Å². The van der Waals surface area contributed by atoms with E-state index in [9.17, 15) is 0 Å². The van der Waals surface area contributed by atoms with Gasteiger partial charge in [0.05, 0.1) is 4.34 Å². The molecule has 1 aromatic rings. The van der Waals surface area contributed by atoms with Crippen molar-refractivity contribution in [3.05, 3.63) is 21.3 Å². The summed E-state index contributed by atoms with van der Waals surface area (Å²) in [5, 5.41) is 3.50. The molecule has 4 heteroatoms. The van der Waals surface area contributed by atoms with Crippen LogP contribution in [-0.4, -0.2) is 31.1 Å². The lowest BCUT2D eigenvalue weighted by atomic mass is 10.0. The smallest absolute Gasteiger partial charge is 0.0931 e. The molecule has 1 saturated heterocycles. The first kappa shape index (κ1) is 14.3. The van der Waals surface area contributed by atoms with Crippen molar-refractivity contribution in [3.63, 3.8) is 0 Å². The number of nitrogens with one attached hydrogen (secondary N) is 1. The monoisotopic (exact) mass is 286 g/mol. The number of halogens is 1. The van der Waals surface area contributed by atoms with E-state index in [2.05, 4.69) is 23.2 Å². The SMILES string of the molecule is CC1CCCN(CCNCc2ccc(Cl)s2)CC1. The largest absolute Gasteiger partial charge is 0.311 e. The Morgan fingerprint density at radius 2 is 2.28 bits per heavy atom. The van der Waals surface area contributed by atoms with Crippen LogP contribution in [0.1, 0.15) is 31.1 Å². The molecule has 2 heterocycles. The fraction of sp³-hybridized carbons (Fsp3) is 0.714. The summed E-state index contributed by atoms with van der Waals surface area (Å²) < 4.78 is 0.883. The molecule has 0 amide bonds. The molecule has 102 valence electrons. The molecule has 0 saturated carbocycles. The zero-order valence-corrected chi connectivity index (χ0v) is 12.7. The molecule has 1 atom stereocenters. The van der Waals surface area contributed by atoms with Gasteiger partial charge >= 0.3 is 0 Å². The van der Waals surface area contributed by atoms with Gasteiger partial charge in [-0.15, -0.1) is 11.3 Å². The quantitative estimate of drug-likeness (QED) is 0.832. The minimum atomic E-state index is 0.883. The molecule has 1 fully saturated rings. The van der Waals surface area contributed by atoms with E-state index in [-0.39, 0.29) is 0 Å². The molecule has 0 aromatic carbocycles. The van der Waals surface area contributed by atoms with Crippen LogP contribution in [0.25, 0.3) is 0 Å². The summed E-state index contributed by atoms with van der Waals surface area (Å²) in [6.45, 7) is 8.12. The third-order valence-corrected chi connectivity index (χ3v) is 4.87. The van der Waals surface area contributed by atoms with Gasteiger partial charge in [-0.25, -0.2) is 0 Å². The number of likely N-dealkylation sites (tertiary alicyclic amines) is 1. The van der Waals surface area contributed by atoms with Crippen LogP contribution >= 0.6 is 22.9 Å². The van der Waals surface area contributed by atoms with Gasteiger partial charge in [-0.2, -0.15) is 0 Å². The molecule has 1 unspecified atom stereocenters. The molecular formula is C14H23ClN2S. The molecule has 2 rings (SSSR count). The maximum Gasteiger partial charge on any atom is 0.0931 e. The Morgan fingerprint density at radius 3 is 3.06 bits per heavy atom. The predicted octanol–water partition coefficient (Wildman–Crippen LogP) is 3.61. The van der Waals surface area contributed by atoms with Crippen LogP contribution in [0.3, 0.4) is 0 Å². The Bertz CT molecular complexity index is 353. The van der Waals surface area contributed by atoms with Crippen molar-refractivity contribution >= 4 is 22.9 Å². The fourth-order valence-corrected chi connectivity index (χ4v) is 3.50. The summed E-state index contributed by atoms with van der Waals surface area (Å²) in [5.74, 6) is 0.913. The molecule has 1 aliphatic rings. The molecule has 0 aliphatic carbocycles. The molecule has 0 radical (unpaired) electrons. The number of hydrogen-bond acceptors (Lipinski definition) is 3. The van der Waals surface area contributed by atoms with Crippen molar-refractivity contribution in [3.8, 4) is 0 Å². The first-order chi connectivity index (χ1) is 8.74. The van der Waals surface area contributed by atoms with E-state index in [0.717, 1.165) is 23.3 Å². The molecule has 0 bridgehead atoms. The van der Waals surface area contributed by atoms with Crippen LogP contribution in [0, 0.1) is 5.92 Å². The zero-order chi connectivity index (χ0) is 12.8. The molecule has 0 spiro atoms. The van der Waals surface area contributed by atoms with Crippen LogP contribution in [0.2, 0.25) is 4.34 Å². The van der Waals surface area contributed by atoms with Crippen molar-refractivity contribution in [2.24, 2.45) is 5.92 Å². The Labute approximate surface area is 119 Å². The van der Waals surface area contributed by atoms with Crippen LogP contribution < -0.4 is 5.32 Å². The number of rotatable bonds is 5. The minimum Gasteiger partial charge on any atom is -0.311 e. The van der Waals surface area contributed by atoms with Crippen LogP contribution in [0.4, 0.5) is 0 Å². The molecule has 18 heavy (non-hydrogen) atoms. The van der Waals surface area contributed by atoms with Crippen LogP contribution in [0.15, 0.2) is 12.1 Å². The lowest BCUT2D eigenvalue weighted by Crippen LogP contribution is -2.32. The standard InChI is InChI=1S/C14H23ClN2S/c1-12-3-2-8-17(9-6-12)10-7-16-11-13-4-5-14(15)18-13/h4-5,12,16H,2-3,6-11H2,1H3. The van der Waals surface area contributed by atoms with E-state index in [1.54, 1.807) is 11.3 Å². The third-order valence-electron chi connectivity index (χ3n) is 3.64. The van der Waals surface area contributed by atoms with Crippen molar-refractivity contribution in [2.75, 3.05) is 26.2 Å². The topological polar surface area (TPSA) is 15.3 Å². The lowest BCUT2D eigenvalue weighted by molar-refractivity contribution is 0.281. The van der Waals surface area contributed by atoms with Gasteiger partial charge in [-0.3, -0.25) is 0 Å². The Hall–Kier alpha value is -0.0900. The molecular weight excluding hydrogens is 264 g/mol. The lowest BCUT2D eigenvalue weighted by Gasteiger charge is -2.19. The van der Waals surface area contributed by atoms with Crippen LogP contribution in [0.5, 0.6) is 0 Å². The Balaban J connectivity index is 1.60. The Morgan fingerprint density at radius 1 is 1.39 bits per heavy atom. The van der Waals surface area contributed by atoms with Gasteiger partial charge in [0.1, 0.15) is 0 Å². The number of thiophene rings is 1. The zero-order valence-electron chi connectivity index (χ0n) is 11.1. The number of nitrogens with zero attached hydrogens (tertiary/aromatic N) is 1. The van der Waals surface area contributed by atoms with E-state index >= 15 is 0 Å². The average molecular weight is 287 g/mol. The molecule has 1 aliphatic heterocycles. The highest BCUT2D eigenvalue weighted by molar-refractivity contribution is 7.16. The highest BCUT2D eigenvalue weighted by atomic mass is 35.5. The summed E-state index contributed by atoms with van der Waals surface area (Å²) in [6, 6.07) is 4.08. The maximum absolute atomic E-state index is 5.91. The summed E-state index contributed by atoms with van der Waals surface area (Å²) in [6.07, 6.45) is 4.12. The molecule has 2 nitrogen and oxygen atoms in total. The number of hydrogen-bond donors (Lipinski definition) is 1. The maximum atomic E-state index is 5.91. The van der Waals surface area contributed by atoms with Gasteiger partial charge < -0.3 is 10.2 Å². The normalized spacial score (nSPS) is 22.0. The highest BCUT2D eigenvalue weighted by Gasteiger charge is 2.12. The highest BCUT2D eigenvalue weighted by Crippen LogP contribution is 2.21. The van der Waals surface area contributed by atoms with Gasteiger partial charge in [-0.05, 0) is 50.4 Å². The first-order valence-electron chi connectivity index (χ1n) is 6.91. The van der Waals surface area contributed by atoms with Gasteiger partial charge in [-0.1, -0.05) is 18.5 Å². The van der Waals surface area contributed by atoms with Gasteiger partial charge in [0.2, 0.25) is 0 Å². The summed E-state index contributed by atoms with van der Waals surface area (Å²) >= 11 is 7.58. The second-order valence-corrected chi connectivity index (χ2v) is 7.06. The van der Waals surface area contributed by atoms with Gasteiger partial charge in [0.15, 0.2) is 0 Å². The van der Waals surface area contributed by atoms with Gasteiger partial charge in [0.25, 0.3) is 0 Å². The second-order valence-electron chi connectivity index (χ2n) is 5.26. The minimum absolute atomic E-state index is 0.883. The summed E-state index contributed by atoms with van der Waals surface area (Å²) in [4.78, 5) is 3.92. The third kappa shape index (κ3) is 4.88. The molecule has 1 aromatic heterocycles. The first-order valence-corrected chi connectivity index (χ1v) is 8.11. The Kier molecular flexibility index (Phi) is 5.96. The average Bonchev–Trinajstić information content (AvgIpc) is 2.65. The summed E-state index contributed by atoms with van der Waals surface area (Å²) in [5.41, 5.74) is 0. The van der Waals surface area contributed by atoms with E-state index < -0.39 is 0 Å². The predicted molar refractivity (Wildman–Crippen MR) is 80.5 cm³/mol. The van der Waals surface area contributed by atoms with E-state index in [4.69, 9.17) is 11.6 Å². The van der Waals surface area contributed by atoms with E-state index in [0.29, 0.717) is 0 Å². The van der Waals surface area contributed by atoms with E-state index in [1.807, 2.05) is 6.07 Å². The fourth-order valence-electron chi connectivity index (χ4n) is 2.44. The molecule has 1 N–H and O–H groups in total. The summed E-state index contributed by atoms with van der Waals surface area (Å²) in [7, 11) is 0.